The van der Waals surface area contributed by atoms with Crippen molar-refractivity contribution in [1.29, 1.82) is 0 Å². The molecular formula is C55H88N14O21. The van der Waals surface area contributed by atoms with Gasteiger partial charge in [-0.2, -0.15) is 0 Å². The van der Waals surface area contributed by atoms with E-state index in [4.69, 9.17) is 22.9 Å². The first-order chi connectivity index (χ1) is 42.1. The number of hydrogen-bond acceptors (Lipinski definition) is 20. The predicted octanol–water partition coefficient (Wildman–Crippen LogP) is -6.71. The first-order valence-corrected chi connectivity index (χ1v) is 28.9. The summed E-state index contributed by atoms with van der Waals surface area (Å²) in [5.74, 6) is -19.5. The van der Waals surface area contributed by atoms with E-state index in [0.29, 0.717) is 18.4 Å². The first-order valence-electron chi connectivity index (χ1n) is 28.9. The SMILES string of the molecule is CC[C@H](C)[C@H](N)C(=O)N[C@H](C(=O)N[C@@H](Cc1ccc(O)cc1)C(=O)N[C@@H](CC(=O)O)C(=O)N[C@@H](CCCCN)C(=O)NCC(=O)N[C@H](C(=O)N[C@@H](CCC(N)=O)C(=O)N[C@H](C(=O)N[C@@H](CC(=O)O)C(=O)N[C@@H](CCC(N)=O)C(=O)O)[C@@H](C)O)[C@@H](C)CC)[C@@H](C)O. The van der Waals surface area contributed by atoms with E-state index in [1.54, 1.807) is 20.8 Å². The summed E-state index contributed by atoms with van der Waals surface area (Å²) >= 11 is 0. The summed E-state index contributed by atoms with van der Waals surface area (Å²) in [6, 6.07) is -11.8. The van der Waals surface area contributed by atoms with Crippen LogP contribution in [0.1, 0.15) is 118 Å². The molecule has 0 spiro atoms. The molecule has 0 unspecified atom stereocenters. The number of carbonyl (C=O) groups excluding carboxylic acids is 12. The number of aliphatic carboxylic acids is 3. The molecule has 12 amide bonds. The number of carboxylic acid groups (broad SMARTS) is 3. The van der Waals surface area contributed by atoms with Gasteiger partial charge < -0.3 is 107 Å². The maximum absolute atomic E-state index is 14.1. The lowest BCUT2D eigenvalue weighted by Crippen LogP contribution is -2.62. The van der Waals surface area contributed by atoms with Gasteiger partial charge in [-0.05, 0) is 82.0 Å². The molecule has 35 nitrogen and oxygen atoms in total. The topological polar surface area (TPSA) is 602 Å². The number of benzene rings is 1. The molecule has 0 aromatic heterocycles. The Balaban J connectivity index is 3.47. The highest BCUT2D eigenvalue weighted by atomic mass is 16.4. The average molecular weight is 1280 g/mol. The number of aromatic hydroxyl groups is 1. The van der Waals surface area contributed by atoms with Crippen molar-refractivity contribution >= 4 is 88.8 Å². The van der Waals surface area contributed by atoms with E-state index in [9.17, 15) is 103 Å². The molecule has 504 valence electrons. The number of nitrogens with one attached hydrogen (secondary N) is 10. The van der Waals surface area contributed by atoms with E-state index in [-0.39, 0.29) is 43.9 Å². The largest absolute Gasteiger partial charge is 0.508 e. The lowest BCUT2D eigenvalue weighted by molar-refractivity contribution is -0.144. The average Bonchev–Trinajstić information content (AvgIpc) is 1.46. The van der Waals surface area contributed by atoms with E-state index < -0.39 is 212 Å². The highest BCUT2D eigenvalue weighted by Crippen LogP contribution is 2.15. The molecule has 0 aliphatic heterocycles. The maximum atomic E-state index is 14.1. The predicted molar refractivity (Wildman–Crippen MR) is 314 cm³/mol. The number of primary amides is 2. The summed E-state index contributed by atoms with van der Waals surface area (Å²) in [4.78, 5) is 195. The summed E-state index contributed by atoms with van der Waals surface area (Å²) < 4.78 is 0. The van der Waals surface area contributed by atoms with Crippen molar-refractivity contribution in [3.05, 3.63) is 29.8 Å². The molecule has 0 heterocycles. The minimum absolute atomic E-state index is 0.122. The van der Waals surface area contributed by atoms with Gasteiger partial charge in [0, 0.05) is 19.3 Å². The van der Waals surface area contributed by atoms with Gasteiger partial charge >= 0.3 is 17.9 Å². The highest BCUT2D eigenvalue weighted by Gasteiger charge is 2.38. The smallest absolute Gasteiger partial charge is 0.326 e. The van der Waals surface area contributed by atoms with Crippen molar-refractivity contribution in [3.8, 4) is 5.75 Å². The lowest BCUT2D eigenvalue weighted by Gasteiger charge is -2.29. The van der Waals surface area contributed by atoms with Gasteiger partial charge in [0.15, 0.2) is 0 Å². The molecule has 0 saturated heterocycles. The fourth-order valence-electron chi connectivity index (χ4n) is 8.35. The van der Waals surface area contributed by atoms with E-state index >= 15 is 0 Å². The van der Waals surface area contributed by atoms with Crippen molar-refractivity contribution < 1.29 is 103 Å². The van der Waals surface area contributed by atoms with Crippen LogP contribution in [0.2, 0.25) is 0 Å². The number of aliphatic hydroxyl groups is 2. The van der Waals surface area contributed by atoms with Gasteiger partial charge in [-0.25, -0.2) is 4.79 Å². The monoisotopic (exact) mass is 1280 g/mol. The second kappa shape index (κ2) is 39.7. The number of carboxylic acids is 3. The minimum Gasteiger partial charge on any atom is -0.508 e. The number of amides is 12. The standard InChI is InChI=1S/C55H88N14O21/c1-7-25(3)42(59)51(85)69-45(28(6)71)54(88)65-34(21-29-12-14-30(72)15-13-29)48(82)64-35(22-40(76)77)49(83)61-31(11-9-10-20-56)46(80)60-24-39(75)67-43(26(4)8-2)52(86)62-32(16-18-37(57)73)47(81)68-44(27(5)70)53(87)66-36(23-41(78)79)50(84)63-33(55(89)90)17-19-38(58)74/h12-15,25-28,31-36,42-45,70-72H,7-11,16-24,56,59H2,1-6H3,(H2,57,73)(H2,58,74)(H,60,80)(H,61,83)(H,62,86)(H,63,84)(H,64,82)(H,65,88)(H,66,87)(H,67,75)(H,68,81)(H,69,85)(H,76,77)(H,78,79)(H,89,90)/t25-,26-,27+,28+,31-,32-,33-,34-,35-,36-,42-,43-,44-,45-/m0/s1. The van der Waals surface area contributed by atoms with E-state index in [0.717, 1.165) is 6.92 Å². The summed E-state index contributed by atoms with van der Waals surface area (Å²) in [6.07, 6.45) is -7.19. The van der Waals surface area contributed by atoms with Crippen molar-refractivity contribution in [2.45, 2.75) is 191 Å². The van der Waals surface area contributed by atoms with Crippen LogP contribution in [0.4, 0.5) is 0 Å². The summed E-state index contributed by atoms with van der Waals surface area (Å²) in [5.41, 5.74) is 22.4. The Morgan fingerprint density at radius 1 is 0.467 bits per heavy atom. The van der Waals surface area contributed by atoms with Crippen molar-refractivity contribution in [2.75, 3.05) is 13.1 Å². The Morgan fingerprint density at radius 2 is 0.867 bits per heavy atom. The van der Waals surface area contributed by atoms with Gasteiger partial charge in [-0.15, -0.1) is 0 Å². The molecule has 24 N–H and O–H groups in total. The zero-order valence-corrected chi connectivity index (χ0v) is 50.9. The van der Waals surface area contributed by atoms with Gasteiger partial charge in [0.1, 0.15) is 60.1 Å². The van der Waals surface area contributed by atoms with Gasteiger partial charge in [-0.1, -0.05) is 52.7 Å². The fourth-order valence-corrected chi connectivity index (χ4v) is 8.35. The second-order valence-electron chi connectivity index (χ2n) is 21.6. The Hall–Kier alpha value is -9.09. The van der Waals surface area contributed by atoms with Crippen LogP contribution in [0, 0.1) is 11.8 Å². The minimum atomic E-state index is -2.04. The molecule has 90 heavy (non-hydrogen) atoms. The zero-order chi connectivity index (χ0) is 68.7. The van der Waals surface area contributed by atoms with Gasteiger partial charge in [0.25, 0.3) is 0 Å². The Labute approximate surface area is 517 Å². The number of nitrogens with two attached hydrogens (primary N) is 4. The number of phenolic OH excluding ortho intramolecular Hbond substituents is 1. The van der Waals surface area contributed by atoms with Crippen LogP contribution >= 0.6 is 0 Å². The van der Waals surface area contributed by atoms with Crippen LogP contribution in [0.15, 0.2) is 24.3 Å². The van der Waals surface area contributed by atoms with Crippen LogP contribution in [0.5, 0.6) is 5.75 Å². The number of hydrogen-bond donors (Lipinski definition) is 20. The number of unbranched alkanes of at least 4 members (excludes halogenated alkanes) is 1. The number of rotatable bonds is 43. The molecule has 1 aromatic rings. The Morgan fingerprint density at radius 3 is 1.32 bits per heavy atom. The summed E-state index contributed by atoms with van der Waals surface area (Å²) in [7, 11) is 0. The number of phenols is 1. The van der Waals surface area contributed by atoms with Gasteiger partial charge in [0.2, 0.25) is 70.9 Å². The van der Waals surface area contributed by atoms with E-state index in [2.05, 4.69) is 42.5 Å². The third-order valence-corrected chi connectivity index (χ3v) is 14.1. The van der Waals surface area contributed by atoms with Gasteiger partial charge in [0.05, 0.1) is 37.6 Å². The Bertz CT molecular complexity index is 2680. The van der Waals surface area contributed by atoms with Crippen LogP contribution in [0.25, 0.3) is 0 Å². The third kappa shape index (κ3) is 28.8. The summed E-state index contributed by atoms with van der Waals surface area (Å²) in [5, 5.41) is 82.5. The molecule has 0 fully saturated rings. The maximum Gasteiger partial charge on any atom is 0.326 e. The second-order valence-corrected chi connectivity index (χ2v) is 21.6. The normalized spacial score (nSPS) is 15.7. The molecule has 0 aliphatic carbocycles. The molecule has 1 rings (SSSR count). The van der Waals surface area contributed by atoms with Crippen LogP contribution < -0.4 is 76.1 Å². The van der Waals surface area contributed by atoms with Crippen LogP contribution in [-0.4, -0.2) is 205 Å². The van der Waals surface area contributed by atoms with E-state index in [1.165, 1.54) is 38.1 Å². The fraction of sp³-hybridized carbons (Fsp3) is 0.618. The molecule has 35 heteroatoms. The zero-order valence-electron chi connectivity index (χ0n) is 50.9. The van der Waals surface area contributed by atoms with Crippen LogP contribution in [-0.2, 0) is 78.3 Å². The Kier molecular flexibility index (Phi) is 34.8. The molecular weight excluding hydrogens is 1190 g/mol. The molecule has 0 bridgehead atoms. The van der Waals surface area contributed by atoms with Crippen molar-refractivity contribution in [3.63, 3.8) is 0 Å². The van der Waals surface area contributed by atoms with Crippen LogP contribution in [0.3, 0.4) is 0 Å². The first kappa shape index (κ1) is 78.9. The molecule has 0 radical (unpaired) electrons. The third-order valence-electron chi connectivity index (χ3n) is 14.1. The molecule has 1 aromatic carbocycles. The van der Waals surface area contributed by atoms with E-state index in [1.807, 2.05) is 10.6 Å². The molecule has 0 aliphatic rings. The summed E-state index contributed by atoms with van der Waals surface area (Å²) in [6.45, 7) is 8.00. The lowest BCUT2D eigenvalue weighted by atomic mass is 9.97. The number of aliphatic hydroxyl groups excluding tert-OH is 2. The highest BCUT2D eigenvalue weighted by molar-refractivity contribution is 6.00. The van der Waals surface area contributed by atoms with Gasteiger partial charge in [-0.3, -0.25) is 67.1 Å². The molecule has 0 saturated carbocycles. The number of carbonyl (C=O) groups is 15. The van der Waals surface area contributed by atoms with Crippen molar-refractivity contribution in [1.82, 2.24) is 53.2 Å². The van der Waals surface area contributed by atoms with Crippen molar-refractivity contribution in [2.24, 2.45) is 34.8 Å². The quantitative estimate of drug-likeness (QED) is 0.0270. The molecule has 14 atom stereocenters.